The van der Waals surface area contributed by atoms with E-state index in [0.29, 0.717) is 18.9 Å². The number of amides is 1. The number of hydrogen-bond donors (Lipinski definition) is 3. The molecule has 0 unspecified atom stereocenters. The summed E-state index contributed by atoms with van der Waals surface area (Å²) in [6, 6.07) is 4.24. The van der Waals surface area contributed by atoms with Gasteiger partial charge in [0.1, 0.15) is 17.5 Å². The fourth-order valence-electron chi connectivity index (χ4n) is 3.63. The van der Waals surface area contributed by atoms with Crippen molar-refractivity contribution in [2.24, 2.45) is 0 Å². The molecule has 0 atom stereocenters. The molecule has 152 valence electrons. The Labute approximate surface area is 172 Å². The predicted octanol–water partition coefficient (Wildman–Crippen LogP) is 2.75. The fraction of sp³-hybridized carbons (Fsp3) is 0.421. The number of carbonyl (C=O) groups is 1. The lowest BCUT2D eigenvalue weighted by atomic mass is 10.0. The predicted molar refractivity (Wildman–Crippen MR) is 108 cm³/mol. The van der Waals surface area contributed by atoms with Crippen molar-refractivity contribution >= 4 is 29.4 Å². The number of hydrogen-bond acceptors (Lipinski definition) is 7. The van der Waals surface area contributed by atoms with E-state index in [-0.39, 0.29) is 22.8 Å². The van der Waals surface area contributed by atoms with Gasteiger partial charge in [0.2, 0.25) is 5.95 Å². The Kier molecular flexibility index (Phi) is 5.21. The van der Waals surface area contributed by atoms with Crippen LogP contribution in [0.2, 0.25) is 0 Å². The van der Waals surface area contributed by atoms with Crippen molar-refractivity contribution in [2.75, 3.05) is 23.3 Å². The van der Waals surface area contributed by atoms with Crippen molar-refractivity contribution in [3.05, 3.63) is 40.7 Å². The van der Waals surface area contributed by atoms with Gasteiger partial charge in [0.05, 0.1) is 24.4 Å². The summed E-state index contributed by atoms with van der Waals surface area (Å²) < 4.78 is 27.5. The molecule has 8 nitrogen and oxygen atoms in total. The molecule has 4 rings (SSSR count). The van der Waals surface area contributed by atoms with Gasteiger partial charge in [0.15, 0.2) is 0 Å². The third-order valence-electron chi connectivity index (χ3n) is 5.08. The summed E-state index contributed by atoms with van der Waals surface area (Å²) >= 11 is 1.39. The van der Waals surface area contributed by atoms with Crippen LogP contribution < -0.4 is 14.8 Å². The Morgan fingerprint density at radius 1 is 1.45 bits per heavy atom. The summed E-state index contributed by atoms with van der Waals surface area (Å²) in [4.78, 5) is 16.4. The Balaban J connectivity index is 1.55. The molecule has 29 heavy (non-hydrogen) atoms. The molecule has 1 fully saturated rings. The first-order chi connectivity index (χ1) is 13.9. The molecule has 0 spiro atoms. The maximum atomic E-state index is 13.6. The van der Waals surface area contributed by atoms with E-state index >= 15 is 0 Å². The normalized spacial score (nSPS) is 16.6. The van der Waals surface area contributed by atoms with Gasteiger partial charge in [0.25, 0.3) is 5.91 Å². The minimum atomic E-state index is -0.810. The number of aromatic nitrogens is 2. The number of nitrogens with one attached hydrogen (secondary N) is 3. The summed E-state index contributed by atoms with van der Waals surface area (Å²) in [7, 11) is 0. The van der Waals surface area contributed by atoms with E-state index in [2.05, 4.69) is 26.7 Å². The molecule has 1 saturated heterocycles. The monoisotopic (exact) mass is 416 g/mol. The van der Waals surface area contributed by atoms with Crippen molar-refractivity contribution < 1.29 is 13.9 Å². The van der Waals surface area contributed by atoms with Crippen LogP contribution in [0.4, 0.5) is 15.8 Å². The van der Waals surface area contributed by atoms with Gasteiger partial charge < -0.3 is 19.3 Å². The topological polar surface area (TPSA) is 104 Å². The standard InChI is InChI=1S/C19H21FN6O2S/c1-11-16(24-29-25-19(2)9-28-10-19)14-4-3-5-26(14)17(11)18(27)23-12-6-13(8-21)22-15(20)7-12/h6-7,24-25H,3-5,9-10H2,1-2H3,(H,22,23,27). The number of pyridine rings is 1. The van der Waals surface area contributed by atoms with Crippen LogP contribution in [0.5, 0.6) is 0 Å². The maximum Gasteiger partial charge on any atom is 0.272 e. The Morgan fingerprint density at radius 3 is 2.93 bits per heavy atom. The lowest BCUT2D eigenvalue weighted by Crippen LogP contribution is -2.55. The molecule has 0 aliphatic carbocycles. The highest BCUT2D eigenvalue weighted by atomic mass is 32.2. The lowest BCUT2D eigenvalue weighted by Gasteiger charge is -2.38. The highest BCUT2D eigenvalue weighted by Gasteiger charge is 2.34. The van der Waals surface area contributed by atoms with Crippen LogP contribution >= 0.6 is 12.1 Å². The minimum Gasteiger partial charge on any atom is -0.377 e. The van der Waals surface area contributed by atoms with Gasteiger partial charge in [-0.2, -0.15) is 9.65 Å². The Bertz CT molecular complexity index is 1010. The van der Waals surface area contributed by atoms with Gasteiger partial charge in [-0.1, -0.05) is 0 Å². The van der Waals surface area contributed by atoms with E-state index in [1.807, 2.05) is 11.5 Å². The van der Waals surface area contributed by atoms with Crippen LogP contribution in [-0.4, -0.2) is 34.2 Å². The van der Waals surface area contributed by atoms with Gasteiger partial charge in [0, 0.05) is 41.7 Å². The maximum absolute atomic E-state index is 13.6. The lowest BCUT2D eigenvalue weighted by molar-refractivity contribution is -0.0509. The second-order valence-electron chi connectivity index (χ2n) is 7.54. The molecule has 10 heteroatoms. The SMILES string of the molecule is Cc1c(NSNC2(C)COC2)c2n(c1C(=O)Nc1cc(F)nc(C#N)c1)CCC2. The molecule has 4 heterocycles. The zero-order valence-electron chi connectivity index (χ0n) is 16.1. The van der Waals surface area contributed by atoms with Gasteiger partial charge in [-0.25, -0.2) is 9.71 Å². The summed E-state index contributed by atoms with van der Waals surface area (Å²) in [5.41, 5.74) is 3.43. The number of carbonyl (C=O) groups excluding carboxylic acids is 1. The first-order valence-corrected chi connectivity index (χ1v) is 10.1. The smallest absolute Gasteiger partial charge is 0.272 e. The summed E-state index contributed by atoms with van der Waals surface area (Å²) in [5.74, 6) is -1.15. The first-order valence-electron chi connectivity index (χ1n) is 9.28. The van der Waals surface area contributed by atoms with Crippen LogP contribution in [0.1, 0.15) is 40.8 Å². The molecule has 2 aromatic rings. The van der Waals surface area contributed by atoms with E-state index < -0.39 is 5.95 Å². The van der Waals surface area contributed by atoms with E-state index in [4.69, 9.17) is 10.00 Å². The largest absolute Gasteiger partial charge is 0.377 e. The second kappa shape index (κ2) is 7.67. The molecule has 0 saturated carbocycles. The molecule has 0 aromatic carbocycles. The molecule has 0 bridgehead atoms. The Hall–Kier alpha value is -2.61. The minimum absolute atomic E-state index is 0.0570. The van der Waals surface area contributed by atoms with Crippen LogP contribution in [-0.2, 0) is 17.7 Å². The van der Waals surface area contributed by atoms with Crippen LogP contribution in [0.15, 0.2) is 12.1 Å². The molecule has 0 radical (unpaired) electrons. The number of anilines is 2. The third kappa shape index (κ3) is 3.81. The molecular formula is C19H21FN6O2S. The van der Waals surface area contributed by atoms with Gasteiger partial charge in [-0.05, 0) is 32.8 Å². The average Bonchev–Trinajstić information content (AvgIpc) is 3.21. The summed E-state index contributed by atoms with van der Waals surface area (Å²) in [5, 5.41) is 11.7. The molecule has 2 aliphatic rings. The van der Waals surface area contributed by atoms with E-state index in [1.165, 1.54) is 18.2 Å². The van der Waals surface area contributed by atoms with Gasteiger partial charge in [-0.15, -0.1) is 0 Å². The molecule has 3 N–H and O–H groups in total. The molecule has 2 aromatic heterocycles. The van der Waals surface area contributed by atoms with Crippen molar-refractivity contribution in [1.29, 1.82) is 5.26 Å². The van der Waals surface area contributed by atoms with Crippen molar-refractivity contribution in [3.8, 4) is 6.07 Å². The fourth-order valence-corrected chi connectivity index (χ4v) is 4.42. The number of nitrogens with zero attached hydrogens (tertiary/aromatic N) is 3. The number of rotatable bonds is 6. The van der Waals surface area contributed by atoms with Crippen LogP contribution in [0, 0.1) is 24.2 Å². The highest BCUT2D eigenvalue weighted by molar-refractivity contribution is 7.98. The quantitative estimate of drug-likeness (QED) is 0.491. The number of halogens is 1. The average molecular weight is 416 g/mol. The summed E-state index contributed by atoms with van der Waals surface area (Å²) in [6.45, 7) is 6.05. The molecule has 2 aliphatic heterocycles. The van der Waals surface area contributed by atoms with Crippen LogP contribution in [0.3, 0.4) is 0 Å². The van der Waals surface area contributed by atoms with E-state index in [1.54, 1.807) is 6.07 Å². The highest BCUT2D eigenvalue weighted by Crippen LogP contribution is 2.35. The van der Waals surface area contributed by atoms with Crippen molar-refractivity contribution in [2.45, 2.75) is 38.8 Å². The van der Waals surface area contributed by atoms with Gasteiger partial charge in [-0.3, -0.25) is 4.79 Å². The number of nitriles is 1. The van der Waals surface area contributed by atoms with Crippen molar-refractivity contribution in [3.63, 3.8) is 0 Å². The first kappa shape index (κ1) is 19.7. The zero-order valence-corrected chi connectivity index (χ0v) is 17.0. The second-order valence-corrected chi connectivity index (χ2v) is 8.15. The van der Waals surface area contributed by atoms with Crippen LogP contribution in [0.25, 0.3) is 0 Å². The molecular weight excluding hydrogens is 395 g/mol. The number of ether oxygens (including phenoxy) is 1. The molecule has 1 amide bonds. The van der Waals surface area contributed by atoms with E-state index in [0.717, 1.165) is 42.4 Å². The summed E-state index contributed by atoms with van der Waals surface area (Å²) in [6.07, 6.45) is 1.83. The van der Waals surface area contributed by atoms with E-state index in [9.17, 15) is 9.18 Å². The number of fused-ring (bicyclic) bond motifs is 1. The van der Waals surface area contributed by atoms with Gasteiger partial charge >= 0.3 is 0 Å². The Morgan fingerprint density at radius 2 is 2.24 bits per heavy atom. The third-order valence-corrected chi connectivity index (χ3v) is 5.98. The van der Waals surface area contributed by atoms with Crippen molar-refractivity contribution in [1.82, 2.24) is 14.3 Å². The zero-order chi connectivity index (χ0) is 20.6.